The first-order valence-corrected chi connectivity index (χ1v) is 9.14. The third-order valence-electron chi connectivity index (χ3n) is 3.18. The topological polar surface area (TPSA) is 66.5 Å². The molecule has 0 aromatic carbocycles. The molecule has 1 atom stereocenters. The molecule has 2 heterocycles. The third kappa shape index (κ3) is 3.72. The summed E-state index contributed by atoms with van der Waals surface area (Å²) < 4.78 is 27.2. The molecule has 5 nitrogen and oxygen atoms in total. The maximum absolute atomic E-state index is 12.2. The number of hydrogen-bond acceptors (Lipinski definition) is 4. The van der Waals surface area contributed by atoms with Crippen molar-refractivity contribution in [2.75, 3.05) is 13.1 Å². The summed E-state index contributed by atoms with van der Waals surface area (Å²) in [5, 5.41) is 0. The van der Waals surface area contributed by atoms with Crippen LogP contribution in [0.5, 0.6) is 0 Å². The van der Waals surface area contributed by atoms with Crippen LogP contribution in [-0.4, -0.2) is 38.4 Å². The van der Waals surface area contributed by atoms with Crippen molar-refractivity contribution in [3.63, 3.8) is 0 Å². The largest absolute Gasteiger partial charge is 0.341 e. The summed E-state index contributed by atoms with van der Waals surface area (Å²) in [5.41, 5.74) is 0. The van der Waals surface area contributed by atoms with Crippen molar-refractivity contribution in [3.05, 3.63) is 16.5 Å². The molecule has 0 aliphatic carbocycles. The molecule has 2 rings (SSSR count). The van der Waals surface area contributed by atoms with Gasteiger partial charge in [-0.15, -0.1) is 11.3 Å². The molecular formula is C12H17ClN2O3S2. The van der Waals surface area contributed by atoms with Gasteiger partial charge < -0.3 is 4.90 Å². The fraction of sp³-hybridized carbons (Fsp3) is 0.583. The van der Waals surface area contributed by atoms with Crippen LogP contribution in [0.25, 0.3) is 0 Å². The van der Waals surface area contributed by atoms with Gasteiger partial charge in [0.05, 0.1) is 10.4 Å². The van der Waals surface area contributed by atoms with Gasteiger partial charge in [-0.2, -0.15) is 4.72 Å². The second-order valence-electron chi connectivity index (χ2n) is 4.79. The van der Waals surface area contributed by atoms with Crippen LogP contribution in [0.15, 0.2) is 16.3 Å². The van der Waals surface area contributed by atoms with E-state index in [-0.39, 0.29) is 10.1 Å². The Balaban J connectivity index is 2.03. The average molecular weight is 337 g/mol. The van der Waals surface area contributed by atoms with Gasteiger partial charge in [0.2, 0.25) is 5.91 Å². The molecular weight excluding hydrogens is 320 g/mol. The van der Waals surface area contributed by atoms with Gasteiger partial charge in [-0.05, 0) is 38.3 Å². The Morgan fingerprint density at radius 1 is 1.35 bits per heavy atom. The lowest BCUT2D eigenvalue weighted by Gasteiger charge is -2.29. The summed E-state index contributed by atoms with van der Waals surface area (Å²) in [6.07, 6.45) is 3.08. The van der Waals surface area contributed by atoms with Gasteiger partial charge in [-0.3, -0.25) is 4.79 Å². The number of rotatable bonds is 4. The van der Waals surface area contributed by atoms with Crippen LogP contribution >= 0.6 is 22.9 Å². The maximum atomic E-state index is 12.2. The lowest BCUT2D eigenvalue weighted by molar-refractivity contribution is -0.133. The molecule has 0 radical (unpaired) electrons. The molecule has 1 aromatic rings. The first-order valence-electron chi connectivity index (χ1n) is 6.46. The highest BCUT2D eigenvalue weighted by Crippen LogP contribution is 2.25. The van der Waals surface area contributed by atoms with Crippen molar-refractivity contribution in [2.45, 2.75) is 36.4 Å². The quantitative estimate of drug-likeness (QED) is 0.915. The zero-order valence-electron chi connectivity index (χ0n) is 11.1. The fourth-order valence-electron chi connectivity index (χ4n) is 2.17. The Morgan fingerprint density at radius 3 is 2.55 bits per heavy atom. The highest BCUT2D eigenvalue weighted by Gasteiger charge is 2.27. The molecule has 1 fully saturated rings. The van der Waals surface area contributed by atoms with E-state index in [1.54, 1.807) is 11.8 Å². The smallest absolute Gasteiger partial charge is 0.250 e. The predicted octanol–water partition coefficient (Wildman–Crippen LogP) is 2.08. The van der Waals surface area contributed by atoms with E-state index in [0.717, 1.165) is 30.6 Å². The van der Waals surface area contributed by atoms with Crippen LogP contribution in [-0.2, 0) is 14.8 Å². The number of likely N-dealkylation sites (tertiary alicyclic amines) is 1. The fourth-order valence-corrected chi connectivity index (χ4v) is 4.87. The average Bonchev–Trinajstić information content (AvgIpc) is 2.86. The number of carbonyl (C=O) groups excluding carboxylic acids is 1. The van der Waals surface area contributed by atoms with E-state index < -0.39 is 16.1 Å². The predicted molar refractivity (Wildman–Crippen MR) is 79.5 cm³/mol. The number of amides is 1. The maximum Gasteiger partial charge on any atom is 0.250 e. The first-order chi connectivity index (χ1) is 9.40. The molecule has 1 aliphatic heterocycles. The lowest BCUT2D eigenvalue weighted by atomic mass is 10.1. The minimum absolute atomic E-state index is 0.126. The Morgan fingerprint density at radius 2 is 2.00 bits per heavy atom. The molecule has 0 saturated carbocycles. The monoisotopic (exact) mass is 336 g/mol. The van der Waals surface area contributed by atoms with Gasteiger partial charge in [0.15, 0.2) is 0 Å². The van der Waals surface area contributed by atoms with Crippen LogP contribution in [0.3, 0.4) is 0 Å². The lowest BCUT2D eigenvalue weighted by Crippen LogP contribution is -2.48. The molecule has 8 heteroatoms. The van der Waals surface area contributed by atoms with Gasteiger partial charge in [0.25, 0.3) is 10.0 Å². The minimum Gasteiger partial charge on any atom is -0.341 e. The molecule has 1 aliphatic rings. The van der Waals surface area contributed by atoms with Crippen molar-refractivity contribution in [3.8, 4) is 0 Å². The molecule has 0 unspecified atom stereocenters. The summed E-state index contributed by atoms with van der Waals surface area (Å²) in [7, 11) is -3.69. The molecule has 0 bridgehead atoms. The number of sulfonamides is 1. The standard InChI is InChI=1S/C12H17ClN2O3S2/c1-9(12(16)15-7-3-2-4-8-15)14-20(17,18)11-6-5-10(13)19-11/h5-6,9,14H,2-4,7-8H2,1H3/t9-/m1/s1. The second kappa shape index (κ2) is 6.43. The van der Waals surface area contributed by atoms with Crippen molar-refractivity contribution in [1.29, 1.82) is 0 Å². The Kier molecular flexibility index (Phi) is 5.06. The van der Waals surface area contributed by atoms with E-state index in [1.807, 2.05) is 0 Å². The molecule has 20 heavy (non-hydrogen) atoms. The van der Waals surface area contributed by atoms with E-state index >= 15 is 0 Å². The number of thiophene rings is 1. The van der Waals surface area contributed by atoms with E-state index in [1.165, 1.54) is 12.1 Å². The summed E-state index contributed by atoms with van der Waals surface area (Å²) in [4.78, 5) is 13.9. The summed E-state index contributed by atoms with van der Waals surface area (Å²) in [5.74, 6) is -0.170. The van der Waals surface area contributed by atoms with Crippen LogP contribution in [0.1, 0.15) is 26.2 Å². The highest BCUT2D eigenvalue weighted by molar-refractivity contribution is 7.91. The normalized spacial score (nSPS) is 18.0. The highest BCUT2D eigenvalue weighted by atomic mass is 35.5. The number of halogens is 1. The molecule has 1 amide bonds. The SMILES string of the molecule is C[C@@H](NS(=O)(=O)c1ccc(Cl)s1)C(=O)N1CCCCC1. The van der Waals surface area contributed by atoms with E-state index in [9.17, 15) is 13.2 Å². The van der Waals surface area contributed by atoms with Gasteiger partial charge in [-0.1, -0.05) is 11.6 Å². The summed E-state index contributed by atoms with van der Waals surface area (Å²) in [6.45, 7) is 2.98. The van der Waals surface area contributed by atoms with Gasteiger partial charge in [0.1, 0.15) is 4.21 Å². The van der Waals surface area contributed by atoms with Crippen LogP contribution < -0.4 is 4.72 Å². The third-order valence-corrected chi connectivity index (χ3v) is 6.45. The summed E-state index contributed by atoms with van der Waals surface area (Å²) in [6, 6.07) is 2.20. The molecule has 1 aromatic heterocycles. The number of nitrogens with zero attached hydrogens (tertiary/aromatic N) is 1. The number of carbonyl (C=O) groups is 1. The van der Waals surface area contributed by atoms with Crippen molar-refractivity contribution in [2.24, 2.45) is 0 Å². The summed E-state index contributed by atoms with van der Waals surface area (Å²) >= 11 is 6.71. The Labute approximate surface area is 128 Å². The zero-order valence-corrected chi connectivity index (χ0v) is 13.5. The second-order valence-corrected chi connectivity index (χ2v) is 8.44. The van der Waals surface area contributed by atoms with Crippen molar-refractivity contribution in [1.82, 2.24) is 9.62 Å². The molecule has 1 N–H and O–H groups in total. The molecule has 0 spiro atoms. The Hall–Kier alpha value is -0.630. The number of piperidine rings is 1. The van der Waals surface area contributed by atoms with Crippen molar-refractivity contribution < 1.29 is 13.2 Å². The van der Waals surface area contributed by atoms with Crippen LogP contribution in [0.4, 0.5) is 0 Å². The zero-order chi connectivity index (χ0) is 14.8. The first kappa shape index (κ1) is 15.8. The van der Waals surface area contributed by atoms with E-state index in [0.29, 0.717) is 17.4 Å². The van der Waals surface area contributed by atoms with Gasteiger partial charge in [-0.25, -0.2) is 8.42 Å². The van der Waals surface area contributed by atoms with Crippen LogP contribution in [0, 0.1) is 0 Å². The molecule has 112 valence electrons. The van der Waals surface area contributed by atoms with Crippen LogP contribution in [0.2, 0.25) is 4.34 Å². The number of nitrogens with one attached hydrogen (secondary N) is 1. The molecule has 1 saturated heterocycles. The van der Waals surface area contributed by atoms with Gasteiger partial charge >= 0.3 is 0 Å². The van der Waals surface area contributed by atoms with E-state index in [2.05, 4.69) is 4.72 Å². The van der Waals surface area contributed by atoms with E-state index in [4.69, 9.17) is 11.6 Å². The Bertz CT molecular complexity index is 579. The van der Waals surface area contributed by atoms with Crippen molar-refractivity contribution >= 4 is 38.9 Å². The van der Waals surface area contributed by atoms with Gasteiger partial charge in [0, 0.05) is 13.1 Å². The minimum atomic E-state index is -3.69. The number of hydrogen-bond donors (Lipinski definition) is 1.